The molecule has 2 aromatic rings. The summed E-state index contributed by atoms with van der Waals surface area (Å²) in [6.45, 7) is -6.85. The van der Waals surface area contributed by atoms with Crippen molar-refractivity contribution in [2.24, 2.45) is 0 Å². The molecule has 388 valence electrons. The molecule has 0 saturated heterocycles. The summed E-state index contributed by atoms with van der Waals surface area (Å²) in [5.74, 6) is -3.96. The molecule has 2 saturated carbocycles. The molecular formula is C38H50I6N6O19. The molecule has 31 heteroatoms. The largest absolute Gasteiger partial charge is 0.394 e. The highest BCUT2D eigenvalue weighted by atomic mass is 127. The highest BCUT2D eigenvalue weighted by Crippen LogP contribution is 2.47. The van der Waals surface area contributed by atoms with Gasteiger partial charge in [0, 0.05) is 20.0 Å². The summed E-state index contributed by atoms with van der Waals surface area (Å²) in [7, 11) is 0. The van der Waals surface area contributed by atoms with Gasteiger partial charge in [0.05, 0.1) is 174 Å². The lowest BCUT2D eigenvalue weighted by molar-refractivity contribution is 0.0385. The van der Waals surface area contributed by atoms with Gasteiger partial charge in [-0.25, -0.2) is 10.1 Å². The van der Waals surface area contributed by atoms with E-state index < -0.39 is 149 Å². The van der Waals surface area contributed by atoms with Crippen LogP contribution in [0.1, 0.15) is 54.3 Å². The first-order valence-electron chi connectivity index (χ1n) is 20.4. The maximum atomic E-state index is 14.3. The predicted octanol–water partition coefficient (Wildman–Crippen LogP) is -4.48. The summed E-state index contributed by atoms with van der Waals surface area (Å²) in [4.78, 5) is 63.8. The molecule has 2 aromatic carbocycles. The summed E-state index contributed by atoms with van der Waals surface area (Å²) in [5.41, 5.74) is -1.25. The second-order valence-electron chi connectivity index (χ2n) is 15.6. The van der Waals surface area contributed by atoms with E-state index in [9.17, 15) is 90.7 Å². The van der Waals surface area contributed by atoms with Crippen molar-refractivity contribution in [1.82, 2.24) is 21.3 Å². The third kappa shape index (κ3) is 14.2. The Bertz CT molecular complexity index is 1920. The lowest BCUT2D eigenvalue weighted by atomic mass is 10.0. The Balaban J connectivity index is 2.08. The van der Waals surface area contributed by atoms with Gasteiger partial charge in [-0.3, -0.25) is 19.2 Å². The number of amides is 4. The van der Waals surface area contributed by atoms with Gasteiger partial charge in [-0.05, 0) is 136 Å². The normalized spacial score (nSPS) is 20.9. The van der Waals surface area contributed by atoms with E-state index in [1.807, 2.05) is 0 Å². The molecule has 25 nitrogen and oxygen atoms in total. The number of hydrogen-bond donors (Lipinski definition) is 18. The predicted molar refractivity (Wildman–Crippen MR) is 290 cm³/mol. The first-order valence-corrected chi connectivity index (χ1v) is 26.9. The fourth-order valence-corrected chi connectivity index (χ4v) is 15.7. The van der Waals surface area contributed by atoms with E-state index in [1.165, 1.54) is 0 Å². The van der Waals surface area contributed by atoms with Gasteiger partial charge in [-0.1, -0.05) is 0 Å². The second kappa shape index (κ2) is 27.5. The van der Waals surface area contributed by atoms with Gasteiger partial charge < -0.3 is 92.8 Å². The lowest BCUT2D eigenvalue weighted by Crippen LogP contribution is -2.49. The van der Waals surface area contributed by atoms with Crippen molar-refractivity contribution in [3.05, 3.63) is 43.7 Å². The van der Waals surface area contributed by atoms with Crippen LogP contribution in [-0.4, -0.2) is 221 Å². The molecule has 0 radical (unpaired) electrons. The molecule has 0 aliphatic heterocycles. The van der Waals surface area contributed by atoms with Crippen LogP contribution < -0.4 is 31.4 Å². The number of aliphatic hydroxyl groups is 14. The molecule has 2 fully saturated rings. The third-order valence-corrected chi connectivity index (χ3v) is 17.2. The zero-order valence-corrected chi connectivity index (χ0v) is 48.4. The van der Waals surface area contributed by atoms with E-state index in [1.54, 1.807) is 136 Å². The van der Waals surface area contributed by atoms with Crippen LogP contribution in [0.5, 0.6) is 0 Å². The Morgan fingerprint density at radius 2 is 0.638 bits per heavy atom. The number of rotatable bonds is 26. The van der Waals surface area contributed by atoms with Crippen LogP contribution in [0.2, 0.25) is 0 Å². The van der Waals surface area contributed by atoms with Gasteiger partial charge in [0.25, 0.3) is 23.6 Å². The standard InChI is InChI=1S/C38H50I6N6O19/c39-27-23(35(65)45-11(3-51)19(61)7-55)29(41)33(30(42)24(27)36(66)46-12(4-52)20(62)8-56)49(15-1-17(15)59)69-50(16-2-18(16)60)34-31(43)25(37(67)47-13(5-53)21(63)9-57)28(40)26(32(34)44)38(68)48-14(6-54)22(64)10-58/h11-22,51-64H,1-10H2,(H,45,65)(H,46,66)(H,47,67)(H,48,68)/t11-,12?,13-,14?,15?,16?,17?,18?,19?,20?,21?,22?/m1/s1. The Morgan fingerprint density at radius 1 is 0.435 bits per heavy atom. The number of anilines is 2. The Morgan fingerprint density at radius 3 is 0.797 bits per heavy atom. The second-order valence-corrected chi connectivity index (χ2v) is 22.1. The minimum absolute atomic E-state index is 0.000468. The summed E-state index contributed by atoms with van der Waals surface area (Å²) in [6.07, 6.45) is -8.88. The van der Waals surface area contributed by atoms with Crippen LogP contribution in [0.15, 0.2) is 0 Å². The maximum Gasteiger partial charge on any atom is 0.253 e. The van der Waals surface area contributed by atoms with E-state index in [0.717, 1.165) is 10.1 Å². The number of nitrogens with one attached hydrogen (secondary N) is 4. The SMILES string of the molecule is O=C(NC(CO)C(O)CO)c1c(I)c(C(=O)N[C@H](CO)C(O)CO)c(I)c(N(ON(c2c(I)c(C(=O)NC(CO)C(O)CO)c(I)c(C(=O)N[C@H](CO)C(O)CO)c2I)C2CC2O)C2CC2O)c1I. The molecule has 0 spiro atoms. The highest BCUT2D eigenvalue weighted by Gasteiger charge is 2.51. The molecule has 10 unspecified atom stereocenters. The molecule has 0 heterocycles. The number of benzene rings is 2. The van der Waals surface area contributed by atoms with E-state index >= 15 is 0 Å². The van der Waals surface area contributed by atoms with Gasteiger partial charge in [0.2, 0.25) is 0 Å². The summed E-state index contributed by atoms with van der Waals surface area (Å²) in [6, 6.07) is -7.73. The van der Waals surface area contributed by atoms with Crippen LogP contribution in [0.4, 0.5) is 11.4 Å². The Labute approximate surface area is 474 Å². The van der Waals surface area contributed by atoms with E-state index in [0.29, 0.717) is 0 Å². The van der Waals surface area contributed by atoms with Crippen molar-refractivity contribution in [1.29, 1.82) is 0 Å². The Hall–Kier alpha value is -0.300. The fourth-order valence-electron chi connectivity index (χ4n) is 6.48. The molecule has 69 heavy (non-hydrogen) atoms. The van der Waals surface area contributed by atoms with Crippen molar-refractivity contribution in [3.8, 4) is 0 Å². The van der Waals surface area contributed by atoms with Gasteiger partial charge in [0.1, 0.15) is 0 Å². The summed E-state index contributed by atoms with van der Waals surface area (Å²) < 4.78 is -0.00226. The van der Waals surface area contributed by atoms with Crippen LogP contribution in [-0.2, 0) is 4.94 Å². The first-order chi connectivity index (χ1) is 32.5. The van der Waals surface area contributed by atoms with Crippen LogP contribution in [0, 0.1) is 21.4 Å². The van der Waals surface area contributed by atoms with Crippen molar-refractivity contribution in [2.75, 3.05) is 63.0 Å². The van der Waals surface area contributed by atoms with Crippen molar-refractivity contribution in [2.45, 2.75) is 85.7 Å². The maximum absolute atomic E-state index is 14.3. The number of hydroxylamine groups is 2. The monoisotopic (exact) mass is 1660 g/mol. The molecule has 0 aromatic heterocycles. The van der Waals surface area contributed by atoms with Crippen molar-refractivity contribution >= 4 is 171 Å². The number of halogens is 6. The van der Waals surface area contributed by atoms with Gasteiger partial charge in [-0.2, -0.15) is 4.94 Å². The molecule has 4 amide bonds. The number of aliphatic hydroxyl groups excluding tert-OH is 14. The molecule has 2 aliphatic carbocycles. The van der Waals surface area contributed by atoms with E-state index in [-0.39, 0.29) is 67.9 Å². The molecule has 0 bridgehead atoms. The number of hydrogen-bond acceptors (Lipinski definition) is 21. The zero-order valence-electron chi connectivity index (χ0n) is 35.5. The number of carbonyl (C=O) groups is 4. The average molecular weight is 1660 g/mol. The fraction of sp³-hybridized carbons (Fsp3) is 0.579. The molecule has 4 rings (SSSR count). The minimum atomic E-state index is -1.65. The van der Waals surface area contributed by atoms with E-state index in [2.05, 4.69) is 21.3 Å². The summed E-state index contributed by atoms with van der Waals surface area (Å²) in [5, 5.41) is 154. The smallest absolute Gasteiger partial charge is 0.253 e. The first kappa shape index (κ1) is 61.2. The molecule has 12 atom stereocenters. The van der Waals surface area contributed by atoms with Crippen LogP contribution in [0.3, 0.4) is 0 Å². The lowest BCUT2D eigenvalue weighted by Gasteiger charge is -2.36. The number of carbonyl (C=O) groups excluding carboxylic acids is 4. The highest BCUT2D eigenvalue weighted by molar-refractivity contribution is 14.1. The van der Waals surface area contributed by atoms with Gasteiger partial charge >= 0.3 is 0 Å². The quantitative estimate of drug-likeness (QED) is 0.0312. The topological polar surface area (TPSA) is 415 Å². The number of nitrogens with zero attached hydrogens (tertiary/aromatic N) is 2. The average Bonchev–Trinajstić information content (AvgIpc) is 4.24. The Kier molecular flexibility index (Phi) is 24.4. The molecule has 2 aliphatic rings. The molecule has 18 N–H and O–H groups in total. The van der Waals surface area contributed by atoms with E-state index in [4.69, 9.17) is 4.94 Å². The zero-order chi connectivity index (χ0) is 51.9. The van der Waals surface area contributed by atoms with Gasteiger partial charge in [-0.15, -0.1) is 0 Å². The van der Waals surface area contributed by atoms with Crippen molar-refractivity contribution < 1.29 is 95.6 Å². The summed E-state index contributed by atoms with van der Waals surface area (Å²) >= 11 is 10.5. The molecular weight excluding hydrogens is 1610 g/mol. The van der Waals surface area contributed by atoms with Crippen LogP contribution in [0.25, 0.3) is 0 Å². The third-order valence-electron chi connectivity index (χ3n) is 10.8. The van der Waals surface area contributed by atoms with Crippen LogP contribution >= 0.6 is 136 Å². The van der Waals surface area contributed by atoms with Crippen molar-refractivity contribution in [3.63, 3.8) is 0 Å². The minimum Gasteiger partial charge on any atom is -0.394 e. The van der Waals surface area contributed by atoms with Gasteiger partial charge in [0.15, 0.2) is 0 Å².